The highest BCUT2D eigenvalue weighted by Gasteiger charge is 2.14. The van der Waals surface area contributed by atoms with Crippen molar-refractivity contribution in [3.63, 3.8) is 0 Å². The SMILES string of the molecule is O=C(NC[C@H](O)c1ccc([N+](=O)[O-])cc1)c1ccc(Cl)o1. The topological polar surface area (TPSA) is 106 Å². The molecule has 2 rings (SSSR count). The zero-order chi connectivity index (χ0) is 15.4. The lowest BCUT2D eigenvalue weighted by Gasteiger charge is -2.11. The second kappa shape index (κ2) is 6.38. The quantitative estimate of drug-likeness (QED) is 0.651. The maximum atomic E-state index is 11.7. The standard InChI is InChI=1S/C13H11ClN2O5/c14-12-6-5-11(21-12)13(18)15-7-10(17)8-1-3-9(4-2-8)16(19)20/h1-6,10,17H,7H2,(H,15,18)/t10-/m0/s1. The molecule has 0 aliphatic rings. The van der Waals surface area contributed by atoms with Gasteiger partial charge in [0.2, 0.25) is 0 Å². The molecular weight excluding hydrogens is 300 g/mol. The number of furan rings is 1. The monoisotopic (exact) mass is 310 g/mol. The first-order valence-electron chi connectivity index (χ1n) is 5.93. The molecular formula is C13H11ClN2O5. The van der Waals surface area contributed by atoms with Gasteiger partial charge < -0.3 is 14.8 Å². The number of rotatable bonds is 5. The van der Waals surface area contributed by atoms with E-state index in [2.05, 4.69) is 5.32 Å². The maximum Gasteiger partial charge on any atom is 0.287 e. The third-order valence-corrected chi connectivity index (χ3v) is 2.94. The van der Waals surface area contributed by atoms with E-state index in [1.807, 2.05) is 0 Å². The van der Waals surface area contributed by atoms with Gasteiger partial charge in [-0.05, 0) is 41.4 Å². The minimum atomic E-state index is -0.986. The largest absolute Gasteiger partial charge is 0.440 e. The zero-order valence-electron chi connectivity index (χ0n) is 10.7. The normalized spacial score (nSPS) is 11.9. The number of carbonyl (C=O) groups is 1. The first-order chi connectivity index (χ1) is 9.97. The van der Waals surface area contributed by atoms with Crippen LogP contribution in [0.5, 0.6) is 0 Å². The van der Waals surface area contributed by atoms with Crippen molar-refractivity contribution in [2.24, 2.45) is 0 Å². The summed E-state index contributed by atoms with van der Waals surface area (Å²) in [5.74, 6) is -0.473. The van der Waals surface area contributed by atoms with E-state index < -0.39 is 16.9 Å². The fourth-order valence-corrected chi connectivity index (χ4v) is 1.79. The molecule has 110 valence electrons. The first kappa shape index (κ1) is 15.0. The lowest BCUT2D eigenvalue weighted by Crippen LogP contribution is -2.28. The van der Waals surface area contributed by atoms with Crippen molar-refractivity contribution in [1.82, 2.24) is 5.32 Å². The Bertz CT molecular complexity index is 653. The van der Waals surface area contributed by atoms with Gasteiger partial charge in [-0.3, -0.25) is 14.9 Å². The summed E-state index contributed by atoms with van der Waals surface area (Å²) < 4.78 is 4.92. The summed E-state index contributed by atoms with van der Waals surface area (Å²) in [6, 6.07) is 8.27. The van der Waals surface area contributed by atoms with Crippen molar-refractivity contribution in [2.45, 2.75) is 6.10 Å². The highest BCUT2D eigenvalue weighted by Crippen LogP contribution is 2.17. The lowest BCUT2D eigenvalue weighted by molar-refractivity contribution is -0.384. The van der Waals surface area contributed by atoms with E-state index in [0.29, 0.717) is 5.56 Å². The highest BCUT2D eigenvalue weighted by molar-refractivity contribution is 6.29. The van der Waals surface area contributed by atoms with E-state index in [1.165, 1.54) is 36.4 Å². The predicted molar refractivity (Wildman–Crippen MR) is 74.1 cm³/mol. The molecule has 7 nitrogen and oxygen atoms in total. The molecule has 0 saturated carbocycles. The summed E-state index contributed by atoms with van der Waals surface area (Å²) in [5, 5.41) is 23.0. The van der Waals surface area contributed by atoms with Crippen molar-refractivity contribution in [2.75, 3.05) is 6.54 Å². The van der Waals surface area contributed by atoms with Gasteiger partial charge in [-0.2, -0.15) is 0 Å². The molecule has 2 N–H and O–H groups in total. The van der Waals surface area contributed by atoms with Gasteiger partial charge >= 0.3 is 0 Å². The van der Waals surface area contributed by atoms with Gasteiger partial charge in [0.05, 0.1) is 11.0 Å². The number of hydrogen-bond acceptors (Lipinski definition) is 5. The van der Waals surface area contributed by atoms with Crippen molar-refractivity contribution < 1.29 is 19.2 Å². The summed E-state index contributed by atoms with van der Waals surface area (Å²) >= 11 is 5.55. The lowest BCUT2D eigenvalue weighted by atomic mass is 10.1. The molecule has 1 amide bonds. The van der Waals surface area contributed by atoms with E-state index in [4.69, 9.17) is 16.0 Å². The number of amides is 1. The predicted octanol–water partition coefficient (Wildman–Crippen LogP) is 2.30. The summed E-state index contributed by atoms with van der Waals surface area (Å²) in [6.45, 7) is -0.0606. The number of aliphatic hydroxyl groups is 1. The van der Waals surface area contributed by atoms with Gasteiger partial charge in [0.1, 0.15) is 0 Å². The zero-order valence-corrected chi connectivity index (χ0v) is 11.4. The average Bonchev–Trinajstić information content (AvgIpc) is 2.91. The van der Waals surface area contributed by atoms with Gasteiger partial charge in [0.15, 0.2) is 11.0 Å². The van der Waals surface area contributed by atoms with E-state index in [9.17, 15) is 20.0 Å². The number of nitro benzene ring substituents is 1. The molecule has 1 atom stereocenters. The Labute approximate surface area is 124 Å². The van der Waals surface area contributed by atoms with Gasteiger partial charge in [0.25, 0.3) is 11.6 Å². The number of nitrogens with zero attached hydrogens (tertiary/aromatic N) is 1. The third kappa shape index (κ3) is 3.80. The average molecular weight is 311 g/mol. The van der Waals surface area contributed by atoms with Gasteiger partial charge in [0, 0.05) is 18.7 Å². The summed E-state index contributed by atoms with van der Waals surface area (Å²) in [7, 11) is 0. The Balaban J connectivity index is 1.93. The molecule has 21 heavy (non-hydrogen) atoms. The van der Waals surface area contributed by atoms with Crippen LogP contribution in [-0.4, -0.2) is 22.5 Å². The second-order valence-electron chi connectivity index (χ2n) is 4.18. The van der Waals surface area contributed by atoms with E-state index in [1.54, 1.807) is 0 Å². The fourth-order valence-electron chi connectivity index (χ4n) is 1.65. The molecule has 0 radical (unpaired) electrons. The number of aliphatic hydroxyl groups excluding tert-OH is 1. The molecule has 0 unspecified atom stereocenters. The third-order valence-electron chi connectivity index (χ3n) is 2.74. The van der Waals surface area contributed by atoms with Crippen molar-refractivity contribution in [3.8, 4) is 0 Å². The first-order valence-corrected chi connectivity index (χ1v) is 6.31. The van der Waals surface area contributed by atoms with Crippen molar-refractivity contribution in [1.29, 1.82) is 0 Å². The van der Waals surface area contributed by atoms with Crippen molar-refractivity contribution in [3.05, 3.63) is 63.1 Å². The molecule has 1 aromatic carbocycles. The van der Waals surface area contributed by atoms with Crippen LogP contribution in [0, 0.1) is 10.1 Å². The van der Waals surface area contributed by atoms with Crippen LogP contribution < -0.4 is 5.32 Å². The van der Waals surface area contributed by atoms with Crippen LogP contribution in [0.3, 0.4) is 0 Å². The Morgan fingerprint density at radius 2 is 2.00 bits per heavy atom. The minimum Gasteiger partial charge on any atom is -0.440 e. The Morgan fingerprint density at radius 1 is 1.33 bits per heavy atom. The minimum absolute atomic E-state index is 0.0379. The number of benzene rings is 1. The van der Waals surface area contributed by atoms with Crippen LogP contribution in [0.2, 0.25) is 5.22 Å². The van der Waals surface area contributed by atoms with Crippen LogP contribution in [0.4, 0.5) is 5.69 Å². The number of non-ortho nitro benzene ring substituents is 1. The summed E-state index contributed by atoms with van der Waals surface area (Å²) in [4.78, 5) is 21.7. The van der Waals surface area contributed by atoms with Gasteiger partial charge in [-0.1, -0.05) is 0 Å². The molecule has 8 heteroatoms. The van der Waals surface area contributed by atoms with Crippen molar-refractivity contribution >= 4 is 23.2 Å². The van der Waals surface area contributed by atoms with Gasteiger partial charge in [-0.25, -0.2) is 0 Å². The highest BCUT2D eigenvalue weighted by atomic mass is 35.5. The molecule has 0 aliphatic heterocycles. The van der Waals surface area contributed by atoms with Crippen LogP contribution in [0.25, 0.3) is 0 Å². The number of nitrogens with one attached hydrogen (secondary N) is 1. The maximum absolute atomic E-state index is 11.7. The molecule has 0 aliphatic carbocycles. The Kier molecular flexibility index (Phi) is 4.56. The molecule has 1 heterocycles. The molecule has 0 spiro atoms. The molecule has 1 aromatic heterocycles. The Hall–Kier alpha value is -2.38. The van der Waals surface area contributed by atoms with Crippen LogP contribution in [0.1, 0.15) is 22.2 Å². The fraction of sp³-hybridized carbons (Fsp3) is 0.154. The summed E-state index contributed by atoms with van der Waals surface area (Å²) in [5.41, 5.74) is 0.388. The smallest absolute Gasteiger partial charge is 0.287 e. The van der Waals surface area contributed by atoms with E-state index >= 15 is 0 Å². The second-order valence-corrected chi connectivity index (χ2v) is 4.55. The molecule has 2 aromatic rings. The number of carbonyl (C=O) groups excluding carboxylic acids is 1. The summed E-state index contributed by atoms with van der Waals surface area (Å²) in [6.07, 6.45) is -0.986. The number of halogens is 1. The van der Waals surface area contributed by atoms with E-state index in [-0.39, 0.29) is 23.2 Å². The Morgan fingerprint density at radius 3 is 2.52 bits per heavy atom. The van der Waals surface area contributed by atoms with Crippen LogP contribution >= 0.6 is 11.6 Å². The van der Waals surface area contributed by atoms with Gasteiger partial charge in [-0.15, -0.1) is 0 Å². The number of nitro groups is 1. The molecule has 0 bridgehead atoms. The van der Waals surface area contributed by atoms with E-state index in [0.717, 1.165) is 0 Å². The van der Waals surface area contributed by atoms with Crippen LogP contribution in [0.15, 0.2) is 40.8 Å². The van der Waals surface area contributed by atoms with Crippen LogP contribution in [-0.2, 0) is 0 Å². The number of hydrogen-bond donors (Lipinski definition) is 2. The molecule has 0 fully saturated rings. The molecule has 0 saturated heterocycles.